The first-order chi connectivity index (χ1) is 8.99. The first-order valence-corrected chi connectivity index (χ1v) is 6.19. The van der Waals surface area contributed by atoms with Crippen LogP contribution in [0.25, 0.3) is 0 Å². The number of nitrogens with zero attached hydrogens (tertiary/aromatic N) is 1. The molecule has 0 aromatic heterocycles. The predicted octanol–water partition coefficient (Wildman–Crippen LogP) is 2.21. The summed E-state index contributed by atoms with van der Waals surface area (Å²) >= 11 is 5.64. The molecule has 0 heterocycles. The Morgan fingerprint density at radius 1 is 1.58 bits per heavy atom. The molecular weight excluding hydrogens is 272 g/mol. The largest absolute Gasteiger partial charge is 0.496 e. The smallest absolute Gasteiger partial charge is 0.273 e. The molecule has 1 aromatic carbocycles. The fourth-order valence-electron chi connectivity index (χ4n) is 1.40. The number of rotatable bonds is 6. The lowest BCUT2D eigenvalue weighted by atomic mass is 10.1. The summed E-state index contributed by atoms with van der Waals surface area (Å²) in [6.07, 6.45) is 0. The van der Waals surface area contributed by atoms with E-state index in [1.807, 2.05) is 6.92 Å². The van der Waals surface area contributed by atoms with Gasteiger partial charge < -0.3 is 10.1 Å². The molecule has 1 atom stereocenters. The summed E-state index contributed by atoms with van der Waals surface area (Å²) in [4.78, 5) is 22.0. The third kappa shape index (κ3) is 4.10. The molecule has 0 spiro atoms. The van der Waals surface area contributed by atoms with Crippen LogP contribution in [0.5, 0.6) is 5.75 Å². The molecule has 0 radical (unpaired) electrons. The topological polar surface area (TPSA) is 81.5 Å². The van der Waals surface area contributed by atoms with Crippen molar-refractivity contribution in [1.29, 1.82) is 0 Å². The van der Waals surface area contributed by atoms with E-state index < -0.39 is 4.92 Å². The fourth-order valence-corrected chi connectivity index (χ4v) is 1.51. The maximum Gasteiger partial charge on any atom is 0.273 e. The van der Waals surface area contributed by atoms with Gasteiger partial charge in [-0.25, -0.2) is 0 Å². The van der Waals surface area contributed by atoms with Crippen molar-refractivity contribution in [3.63, 3.8) is 0 Å². The zero-order chi connectivity index (χ0) is 14.4. The first kappa shape index (κ1) is 15.2. The number of halogens is 1. The van der Waals surface area contributed by atoms with Gasteiger partial charge in [-0.2, -0.15) is 0 Å². The lowest BCUT2D eigenvalue weighted by Crippen LogP contribution is -2.29. The molecular formula is C12H15ClN2O4. The molecule has 1 unspecified atom stereocenters. The molecule has 0 aliphatic carbocycles. The number of hydrogen-bond acceptors (Lipinski definition) is 4. The van der Waals surface area contributed by atoms with Crippen LogP contribution in [-0.4, -0.2) is 30.4 Å². The number of nitro groups is 1. The van der Waals surface area contributed by atoms with Crippen molar-refractivity contribution in [3.05, 3.63) is 33.9 Å². The van der Waals surface area contributed by atoms with E-state index in [9.17, 15) is 14.9 Å². The molecule has 0 saturated carbocycles. The van der Waals surface area contributed by atoms with E-state index in [-0.39, 0.29) is 28.8 Å². The minimum Gasteiger partial charge on any atom is -0.496 e. The highest BCUT2D eigenvalue weighted by Gasteiger charge is 2.16. The first-order valence-electron chi connectivity index (χ1n) is 5.66. The van der Waals surface area contributed by atoms with E-state index in [1.54, 1.807) is 0 Å². The second kappa shape index (κ2) is 6.94. The Bertz CT molecular complexity index is 479. The second-order valence-corrected chi connectivity index (χ2v) is 4.42. The lowest BCUT2D eigenvalue weighted by Gasteiger charge is -2.11. The van der Waals surface area contributed by atoms with Crippen LogP contribution < -0.4 is 10.1 Å². The number of carbonyl (C=O) groups is 1. The molecule has 7 heteroatoms. The van der Waals surface area contributed by atoms with E-state index in [2.05, 4.69) is 5.32 Å². The normalized spacial score (nSPS) is 11.7. The van der Waals surface area contributed by atoms with Crippen LogP contribution in [0.3, 0.4) is 0 Å². The van der Waals surface area contributed by atoms with Crippen LogP contribution in [0.2, 0.25) is 0 Å². The molecule has 104 valence electrons. The summed E-state index contributed by atoms with van der Waals surface area (Å²) in [5.41, 5.74) is 0.136. The number of nitro benzene ring substituents is 1. The molecule has 0 aliphatic heterocycles. The molecule has 0 saturated heterocycles. The van der Waals surface area contributed by atoms with Crippen molar-refractivity contribution >= 4 is 23.2 Å². The maximum atomic E-state index is 11.9. The Hall–Kier alpha value is -1.82. The minimum absolute atomic E-state index is 0.123. The van der Waals surface area contributed by atoms with Crippen LogP contribution in [0.1, 0.15) is 17.3 Å². The lowest BCUT2D eigenvalue weighted by molar-refractivity contribution is -0.384. The van der Waals surface area contributed by atoms with E-state index >= 15 is 0 Å². The van der Waals surface area contributed by atoms with Crippen molar-refractivity contribution in [2.45, 2.75) is 6.92 Å². The van der Waals surface area contributed by atoms with Gasteiger partial charge >= 0.3 is 0 Å². The predicted molar refractivity (Wildman–Crippen MR) is 71.9 cm³/mol. The Balaban J connectivity index is 2.87. The molecule has 6 nitrogen and oxygen atoms in total. The average molecular weight is 287 g/mol. The zero-order valence-corrected chi connectivity index (χ0v) is 11.4. The van der Waals surface area contributed by atoms with E-state index in [4.69, 9.17) is 16.3 Å². The van der Waals surface area contributed by atoms with Crippen molar-refractivity contribution in [2.75, 3.05) is 19.5 Å². The number of alkyl halides is 1. The average Bonchev–Trinajstić information content (AvgIpc) is 2.43. The SMILES string of the molecule is COc1cc([N+](=O)[O-])ccc1C(=O)NCC(C)CCl. The Morgan fingerprint density at radius 3 is 2.79 bits per heavy atom. The van der Waals surface area contributed by atoms with Gasteiger partial charge in [0, 0.05) is 18.5 Å². The number of methoxy groups -OCH3 is 1. The summed E-state index contributed by atoms with van der Waals surface area (Å²) in [6, 6.07) is 3.86. The van der Waals surface area contributed by atoms with Gasteiger partial charge in [-0.05, 0) is 12.0 Å². The molecule has 1 amide bonds. The number of amides is 1. The third-order valence-corrected chi connectivity index (χ3v) is 3.04. The highest BCUT2D eigenvalue weighted by atomic mass is 35.5. The Labute approximate surface area is 115 Å². The highest BCUT2D eigenvalue weighted by molar-refractivity contribution is 6.18. The molecule has 0 aliphatic rings. The van der Waals surface area contributed by atoms with Crippen LogP contribution in [0, 0.1) is 16.0 Å². The van der Waals surface area contributed by atoms with Crippen LogP contribution in [0.4, 0.5) is 5.69 Å². The van der Waals surface area contributed by atoms with Gasteiger partial charge in [-0.3, -0.25) is 14.9 Å². The summed E-state index contributed by atoms with van der Waals surface area (Å²) in [7, 11) is 1.36. The summed E-state index contributed by atoms with van der Waals surface area (Å²) in [6.45, 7) is 2.34. The van der Waals surface area contributed by atoms with Crippen molar-refractivity contribution in [2.24, 2.45) is 5.92 Å². The van der Waals surface area contributed by atoms with E-state index in [1.165, 1.54) is 25.3 Å². The van der Waals surface area contributed by atoms with Crippen molar-refractivity contribution in [1.82, 2.24) is 5.32 Å². The van der Waals surface area contributed by atoms with Crippen molar-refractivity contribution < 1.29 is 14.5 Å². The van der Waals surface area contributed by atoms with Crippen LogP contribution in [0.15, 0.2) is 18.2 Å². The summed E-state index contributed by atoms with van der Waals surface area (Å²) in [5, 5.41) is 13.3. The zero-order valence-electron chi connectivity index (χ0n) is 10.7. The van der Waals surface area contributed by atoms with Gasteiger partial charge in [0.15, 0.2) is 0 Å². The number of ether oxygens (including phenoxy) is 1. The van der Waals surface area contributed by atoms with Crippen LogP contribution in [-0.2, 0) is 0 Å². The van der Waals surface area contributed by atoms with E-state index in [0.29, 0.717) is 12.4 Å². The molecule has 1 rings (SSSR count). The number of benzene rings is 1. The third-order valence-electron chi connectivity index (χ3n) is 2.52. The number of hydrogen-bond donors (Lipinski definition) is 1. The second-order valence-electron chi connectivity index (χ2n) is 4.11. The van der Waals surface area contributed by atoms with Gasteiger partial charge in [-0.15, -0.1) is 11.6 Å². The number of nitrogens with one attached hydrogen (secondary N) is 1. The minimum atomic E-state index is -0.542. The Morgan fingerprint density at radius 2 is 2.26 bits per heavy atom. The van der Waals surface area contributed by atoms with Gasteiger partial charge in [0.05, 0.1) is 23.7 Å². The summed E-state index contributed by atoms with van der Waals surface area (Å²) in [5.74, 6) is 0.418. The molecule has 0 bridgehead atoms. The monoisotopic (exact) mass is 286 g/mol. The number of non-ortho nitro benzene ring substituents is 1. The van der Waals surface area contributed by atoms with Gasteiger partial charge in [0.25, 0.3) is 11.6 Å². The highest BCUT2D eigenvalue weighted by Crippen LogP contribution is 2.24. The summed E-state index contributed by atoms with van der Waals surface area (Å²) < 4.78 is 5.00. The molecule has 1 N–H and O–H groups in total. The molecule has 19 heavy (non-hydrogen) atoms. The Kier molecular flexibility index (Phi) is 5.57. The maximum absolute atomic E-state index is 11.9. The van der Waals surface area contributed by atoms with Gasteiger partial charge in [0.2, 0.25) is 0 Å². The van der Waals surface area contributed by atoms with E-state index in [0.717, 1.165) is 0 Å². The standard InChI is InChI=1S/C12H15ClN2O4/c1-8(6-13)7-14-12(16)10-4-3-9(15(17)18)5-11(10)19-2/h3-5,8H,6-7H2,1-2H3,(H,14,16). The fraction of sp³-hybridized carbons (Fsp3) is 0.417. The van der Waals surface area contributed by atoms with Crippen LogP contribution >= 0.6 is 11.6 Å². The van der Waals surface area contributed by atoms with Gasteiger partial charge in [-0.1, -0.05) is 6.92 Å². The molecule has 1 aromatic rings. The van der Waals surface area contributed by atoms with Gasteiger partial charge in [0.1, 0.15) is 5.75 Å². The van der Waals surface area contributed by atoms with Crippen molar-refractivity contribution in [3.8, 4) is 5.75 Å². The number of carbonyl (C=O) groups excluding carboxylic acids is 1. The molecule has 0 fully saturated rings. The quantitative estimate of drug-likeness (QED) is 0.494.